The number of aliphatic hydroxyl groups excluding tert-OH is 4. The largest absolute Gasteiger partial charge is 0.397 e. The Labute approximate surface area is 360 Å². The molecular formula is C46H89NO11S. The third-order valence-electron chi connectivity index (χ3n) is 11.6. The molecule has 7 atom stereocenters. The first kappa shape index (κ1) is 55.9. The van der Waals surface area contributed by atoms with Crippen LogP contribution in [-0.4, -0.2) is 95.4 Å². The number of unbranched alkanes of at least 4 members (excludes halogenated alkanes) is 27. The summed E-state index contributed by atoms with van der Waals surface area (Å²) in [5, 5.41) is 44.7. The Morgan fingerprint density at radius 2 is 1.08 bits per heavy atom. The fraction of sp³-hybridized carbons (Fsp3) is 0.935. The van der Waals surface area contributed by atoms with E-state index in [2.05, 4.69) is 35.5 Å². The van der Waals surface area contributed by atoms with Crippen LogP contribution in [-0.2, 0) is 28.9 Å². The van der Waals surface area contributed by atoms with Gasteiger partial charge in [-0.25, -0.2) is 4.18 Å². The van der Waals surface area contributed by atoms with Crippen molar-refractivity contribution in [3.63, 3.8) is 0 Å². The van der Waals surface area contributed by atoms with Gasteiger partial charge < -0.3 is 35.2 Å². The number of carbonyl (C=O) groups excluding carboxylic acids is 1. The molecule has 1 heterocycles. The summed E-state index contributed by atoms with van der Waals surface area (Å²) in [6.45, 7) is 3.40. The van der Waals surface area contributed by atoms with Crippen LogP contribution in [0.25, 0.3) is 0 Å². The quantitative estimate of drug-likeness (QED) is 0.0195. The van der Waals surface area contributed by atoms with E-state index >= 15 is 0 Å². The van der Waals surface area contributed by atoms with Gasteiger partial charge >= 0.3 is 10.4 Å². The van der Waals surface area contributed by atoms with E-state index in [4.69, 9.17) is 14.0 Å². The Morgan fingerprint density at radius 1 is 0.661 bits per heavy atom. The van der Waals surface area contributed by atoms with Gasteiger partial charge in [0.15, 0.2) is 6.29 Å². The summed E-state index contributed by atoms with van der Waals surface area (Å²) in [5.74, 6) is -0.264. The minimum Gasteiger partial charge on any atom is -0.394 e. The predicted molar refractivity (Wildman–Crippen MR) is 236 cm³/mol. The van der Waals surface area contributed by atoms with Gasteiger partial charge in [0.2, 0.25) is 5.91 Å². The molecule has 0 aromatic rings. The first-order chi connectivity index (χ1) is 28.5. The van der Waals surface area contributed by atoms with E-state index in [1.54, 1.807) is 0 Å². The molecule has 1 fully saturated rings. The average molecular weight is 864 g/mol. The highest BCUT2D eigenvalue weighted by Gasteiger charge is 2.48. The molecule has 59 heavy (non-hydrogen) atoms. The van der Waals surface area contributed by atoms with Crippen LogP contribution in [0.5, 0.6) is 0 Å². The summed E-state index contributed by atoms with van der Waals surface area (Å²) in [6, 6.07) is -0.868. The van der Waals surface area contributed by atoms with Crippen molar-refractivity contribution in [1.82, 2.24) is 5.32 Å². The summed E-state index contributed by atoms with van der Waals surface area (Å²) < 4.78 is 47.6. The van der Waals surface area contributed by atoms with Crippen LogP contribution in [0, 0.1) is 0 Å². The highest BCUT2D eigenvalue weighted by Crippen LogP contribution is 2.26. The third-order valence-corrected chi connectivity index (χ3v) is 12.0. The minimum atomic E-state index is -5.07. The monoisotopic (exact) mass is 864 g/mol. The molecule has 0 aliphatic carbocycles. The molecule has 0 radical (unpaired) electrons. The maximum Gasteiger partial charge on any atom is 0.397 e. The van der Waals surface area contributed by atoms with Crippen LogP contribution in [0.1, 0.15) is 219 Å². The number of rotatable bonds is 41. The van der Waals surface area contributed by atoms with Crippen molar-refractivity contribution in [3.8, 4) is 0 Å². The van der Waals surface area contributed by atoms with Gasteiger partial charge in [0, 0.05) is 6.42 Å². The van der Waals surface area contributed by atoms with Gasteiger partial charge in [-0.3, -0.25) is 9.35 Å². The Balaban J connectivity index is 2.37. The zero-order chi connectivity index (χ0) is 43.4. The van der Waals surface area contributed by atoms with Crippen LogP contribution >= 0.6 is 0 Å². The number of hydrogen-bond donors (Lipinski definition) is 6. The Morgan fingerprint density at radius 3 is 1.53 bits per heavy atom. The van der Waals surface area contributed by atoms with Gasteiger partial charge in [0.25, 0.3) is 0 Å². The second-order valence-electron chi connectivity index (χ2n) is 17.0. The molecule has 7 unspecified atom stereocenters. The SMILES string of the molecule is CCCCCC/C=C\CCCC(=O)NC(COC1OC(CO)C(O)C(OS(=O)(=O)O)C1O)C(O)CCCCCCCCCCCCCCCCCCCCCCCCC. The maximum atomic E-state index is 12.9. The fourth-order valence-corrected chi connectivity index (χ4v) is 8.33. The lowest BCUT2D eigenvalue weighted by Gasteiger charge is -2.41. The number of ether oxygens (including phenoxy) is 2. The summed E-state index contributed by atoms with van der Waals surface area (Å²) in [4.78, 5) is 12.9. The lowest BCUT2D eigenvalue weighted by Crippen LogP contribution is -2.61. The standard InChI is InChI=1S/C46H89NO11S/c1-3-5-7-9-11-13-14-15-16-17-18-19-20-21-22-23-24-25-26-28-29-31-33-35-40(49)39(47-42(50)36-34-32-30-27-12-10-8-6-4-2)38-56-46-44(52)45(58-59(53,54)55)43(51)41(37-48)57-46/h27,30,39-41,43-46,48-49,51-52H,3-26,28-29,31-38H2,1-2H3,(H,47,50)(H,53,54,55)/b30-27-. The van der Waals surface area contributed by atoms with Gasteiger partial charge in [-0.15, -0.1) is 0 Å². The molecule has 1 rings (SSSR count). The van der Waals surface area contributed by atoms with Crippen molar-refractivity contribution in [2.45, 2.75) is 262 Å². The highest BCUT2D eigenvalue weighted by molar-refractivity contribution is 7.80. The topological polar surface area (TPSA) is 192 Å². The second kappa shape index (κ2) is 37.4. The molecule has 350 valence electrons. The smallest absolute Gasteiger partial charge is 0.394 e. The van der Waals surface area contributed by atoms with Gasteiger partial charge in [-0.05, 0) is 32.1 Å². The van der Waals surface area contributed by atoms with Crippen molar-refractivity contribution >= 4 is 16.3 Å². The van der Waals surface area contributed by atoms with Crippen LogP contribution in [0.4, 0.5) is 0 Å². The van der Waals surface area contributed by atoms with E-state index < -0.39 is 59.9 Å². The van der Waals surface area contributed by atoms with Gasteiger partial charge in [0.1, 0.15) is 24.4 Å². The van der Waals surface area contributed by atoms with E-state index in [0.29, 0.717) is 12.8 Å². The Bertz CT molecular complexity index is 1110. The van der Waals surface area contributed by atoms with Crippen molar-refractivity contribution in [2.75, 3.05) is 13.2 Å². The number of amides is 1. The molecular weight excluding hydrogens is 775 g/mol. The average Bonchev–Trinajstić information content (AvgIpc) is 3.20. The molecule has 1 saturated heterocycles. The van der Waals surface area contributed by atoms with Crippen molar-refractivity contribution in [2.24, 2.45) is 0 Å². The molecule has 0 aromatic heterocycles. The molecule has 0 bridgehead atoms. The van der Waals surface area contributed by atoms with Crippen molar-refractivity contribution < 1.29 is 51.8 Å². The van der Waals surface area contributed by atoms with Gasteiger partial charge in [0.05, 0.1) is 25.4 Å². The van der Waals surface area contributed by atoms with Crippen molar-refractivity contribution in [3.05, 3.63) is 12.2 Å². The molecule has 12 nitrogen and oxygen atoms in total. The number of aliphatic hydroxyl groups is 4. The summed E-state index contributed by atoms with van der Waals surface area (Å²) in [5.41, 5.74) is 0. The van der Waals surface area contributed by atoms with Gasteiger partial charge in [-0.1, -0.05) is 193 Å². The van der Waals surface area contributed by atoms with Gasteiger partial charge in [-0.2, -0.15) is 8.42 Å². The molecule has 6 N–H and O–H groups in total. The summed E-state index contributed by atoms with van der Waals surface area (Å²) in [6.07, 6.45) is 32.5. The van der Waals surface area contributed by atoms with E-state index in [0.717, 1.165) is 44.9 Å². The molecule has 0 aromatic carbocycles. The number of carbonyl (C=O) groups is 1. The lowest BCUT2D eigenvalue weighted by molar-refractivity contribution is -0.298. The number of allylic oxidation sites excluding steroid dienone is 2. The summed E-state index contributed by atoms with van der Waals surface area (Å²) in [7, 11) is -5.07. The van der Waals surface area contributed by atoms with Crippen LogP contribution in [0.2, 0.25) is 0 Å². The zero-order valence-electron chi connectivity index (χ0n) is 37.3. The molecule has 0 saturated carbocycles. The molecule has 13 heteroatoms. The molecule has 1 aliphatic heterocycles. The Hall–Kier alpha value is -1.16. The molecule has 0 spiro atoms. The normalized spacial score (nSPS) is 21.0. The number of nitrogens with one attached hydrogen (secondary N) is 1. The maximum absolute atomic E-state index is 12.9. The first-order valence-electron chi connectivity index (χ1n) is 24.1. The van der Waals surface area contributed by atoms with E-state index in [-0.39, 0.29) is 18.9 Å². The minimum absolute atomic E-state index is 0.244. The second-order valence-corrected chi connectivity index (χ2v) is 18.1. The van der Waals surface area contributed by atoms with Crippen LogP contribution in [0.3, 0.4) is 0 Å². The third kappa shape index (κ3) is 30.5. The zero-order valence-corrected chi connectivity index (χ0v) is 38.1. The highest BCUT2D eigenvalue weighted by atomic mass is 32.3. The molecule has 1 aliphatic rings. The molecule has 1 amide bonds. The lowest BCUT2D eigenvalue weighted by atomic mass is 9.99. The van der Waals surface area contributed by atoms with Crippen molar-refractivity contribution in [1.29, 1.82) is 0 Å². The first-order valence-corrected chi connectivity index (χ1v) is 25.4. The predicted octanol–water partition coefficient (Wildman–Crippen LogP) is 9.55. The fourth-order valence-electron chi connectivity index (χ4n) is 7.82. The van der Waals surface area contributed by atoms with E-state index in [1.165, 1.54) is 141 Å². The van der Waals surface area contributed by atoms with E-state index in [9.17, 15) is 33.6 Å². The van der Waals surface area contributed by atoms with Crippen LogP contribution < -0.4 is 5.32 Å². The summed E-state index contributed by atoms with van der Waals surface area (Å²) >= 11 is 0. The van der Waals surface area contributed by atoms with Crippen LogP contribution in [0.15, 0.2) is 12.2 Å². The van der Waals surface area contributed by atoms with E-state index in [1.807, 2.05) is 0 Å². The Kier molecular flexibility index (Phi) is 35.4. The number of hydrogen-bond acceptors (Lipinski definition) is 10.